The number of aliphatic carboxylic acids is 1. The maximum absolute atomic E-state index is 12.8. The lowest BCUT2D eigenvalue weighted by Gasteiger charge is -2.36. The predicted octanol–water partition coefficient (Wildman–Crippen LogP) is 4.41. The second kappa shape index (κ2) is 10.1. The van der Waals surface area contributed by atoms with Crippen molar-refractivity contribution in [3.05, 3.63) is 59.7 Å². The Kier molecular flexibility index (Phi) is 7.41. The largest absolute Gasteiger partial charge is 0.481 e. The molecule has 3 rings (SSSR count). The lowest BCUT2D eigenvalue weighted by atomic mass is 9.98. The lowest BCUT2D eigenvalue weighted by Crippen LogP contribution is -2.48. The average molecular weight is 453 g/mol. The topological polar surface area (TPSA) is 95.9 Å². The van der Waals surface area contributed by atoms with E-state index in [1.165, 1.54) is 4.90 Å². The van der Waals surface area contributed by atoms with Crippen LogP contribution in [-0.4, -0.2) is 52.7 Å². The number of amides is 2. The van der Waals surface area contributed by atoms with Gasteiger partial charge in [-0.3, -0.25) is 9.59 Å². The van der Waals surface area contributed by atoms with Crippen LogP contribution in [0.25, 0.3) is 11.1 Å². The first-order valence-corrected chi connectivity index (χ1v) is 11.2. The second-order valence-electron chi connectivity index (χ2n) is 9.43. The average Bonchev–Trinajstić information content (AvgIpc) is 3.05. The Hall–Kier alpha value is -3.35. The van der Waals surface area contributed by atoms with Crippen molar-refractivity contribution in [3.63, 3.8) is 0 Å². The smallest absolute Gasteiger partial charge is 0.407 e. The molecule has 1 aliphatic carbocycles. The maximum Gasteiger partial charge on any atom is 0.407 e. The minimum atomic E-state index is -0.957. The SMILES string of the molecule is C[C@@H](CC(=O)N(CCC(=O)O)C(C)(C)C)NC(=O)OCC1c2ccccc2-c2ccccc21. The van der Waals surface area contributed by atoms with Crippen LogP contribution in [0.5, 0.6) is 0 Å². The molecule has 0 radical (unpaired) electrons. The standard InChI is InChI=1S/C26H32N2O5/c1-17(15-23(29)28(26(2,3)4)14-13-24(30)31)27-25(32)33-16-22-20-11-7-5-9-18(20)19-10-6-8-12-21(19)22/h5-12,17,22H,13-16H2,1-4H3,(H,27,32)(H,30,31)/t17-/m0/s1. The van der Waals surface area contributed by atoms with Crippen LogP contribution in [0.1, 0.15) is 57.6 Å². The van der Waals surface area contributed by atoms with Crippen molar-refractivity contribution in [2.75, 3.05) is 13.2 Å². The molecule has 2 aromatic carbocycles. The summed E-state index contributed by atoms with van der Waals surface area (Å²) >= 11 is 0. The number of carbonyl (C=O) groups is 3. The van der Waals surface area contributed by atoms with E-state index in [2.05, 4.69) is 29.6 Å². The van der Waals surface area contributed by atoms with Crippen LogP contribution in [0, 0.1) is 0 Å². The number of nitrogens with one attached hydrogen (secondary N) is 1. The van der Waals surface area contributed by atoms with Gasteiger partial charge in [0, 0.05) is 30.5 Å². The second-order valence-corrected chi connectivity index (χ2v) is 9.43. The van der Waals surface area contributed by atoms with Gasteiger partial charge in [0.05, 0.1) is 6.42 Å². The molecule has 0 saturated heterocycles. The number of carbonyl (C=O) groups excluding carboxylic acids is 2. The van der Waals surface area contributed by atoms with Gasteiger partial charge in [-0.15, -0.1) is 0 Å². The van der Waals surface area contributed by atoms with Gasteiger partial charge in [-0.05, 0) is 49.9 Å². The predicted molar refractivity (Wildman–Crippen MR) is 126 cm³/mol. The number of carboxylic acids is 1. The molecule has 2 amide bonds. The quantitative estimate of drug-likeness (QED) is 0.619. The number of carboxylic acid groups (broad SMARTS) is 1. The molecular formula is C26H32N2O5. The molecular weight excluding hydrogens is 420 g/mol. The molecule has 0 aromatic heterocycles. The highest BCUT2D eigenvalue weighted by Crippen LogP contribution is 2.44. The van der Waals surface area contributed by atoms with Crippen molar-refractivity contribution < 1.29 is 24.2 Å². The summed E-state index contributed by atoms with van der Waals surface area (Å²) in [4.78, 5) is 37.7. The summed E-state index contributed by atoms with van der Waals surface area (Å²) in [6.07, 6.45) is -0.650. The summed E-state index contributed by atoms with van der Waals surface area (Å²) in [6, 6.07) is 15.8. The van der Waals surface area contributed by atoms with Crippen molar-refractivity contribution in [1.29, 1.82) is 0 Å². The molecule has 0 aliphatic heterocycles. The number of fused-ring (bicyclic) bond motifs is 3. The fourth-order valence-corrected chi connectivity index (χ4v) is 4.31. The Morgan fingerprint density at radius 2 is 1.58 bits per heavy atom. The summed E-state index contributed by atoms with van der Waals surface area (Å²) in [6.45, 7) is 7.63. The van der Waals surface area contributed by atoms with Crippen molar-refractivity contribution in [2.45, 2.75) is 58.0 Å². The van der Waals surface area contributed by atoms with E-state index >= 15 is 0 Å². The van der Waals surface area contributed by atoms with Gasteiger partial charge in [0.1, 0.15) is 6.61 Å². The number of ether oxygens (including phenoxy) is 1. The molecule has 2 N–H and O–H groups in total. The van der Waals surface area contributed by atoms with E-state index in [4.69, 9.17) is 9.84 Å². The van der Waals surface area contributed by atoms with Crippen LogP contribution in [0.3, 0.4) is 0 Å². The van der Waals surface area contributed by atoms with Crippen molar-refractivity contribution in [2.24, 2.45) is 0 Å². The molecule has 0 spiro atoms. The minimum Gasteiger partial charge on any atom is -0.481 e. The Morgan fingerprint density at radius 3 is 2.09 bits per heavy atom. The van der Waals surface area contributed by atoms with Crippen molar-refractivity contribution in [1.82, 2.24) is 10.2 Å². The van der Waals surface area contributed by atoms with Crippen LogP contribution in [0.2, 0.25) is 0 Å². The van der Waals surface area contributed by atoms with Gasteiger partial charge in [0.2, 0.25) is 5.91 Å². The molecule has 0 saturated carbocycles. The molecule has 33 heavy (non-hydrogen) atoms. The zero-order valence-corrected chi connectivity index (χ0v) is 19.6. The summed E-state index contributed by atoms with van der Waals surface area (Å²) in [5.74, 6) is -1.20. The van der Waals surface area contributed by atoms with Crippen LogP contribution < -0.4 is 5.32 Å². The molecule has 0 heterocycles. The van der Waals surface area contributed by atoms with Gasteiger partial charge in [0.15, 0.2) is 0 Å². The van der Waals surface area contributed by atoms with Gasteiger partial charge in [0.25, 0.3) is 0 Å². The third-order valence-corrected chi connectivity index (χ3v) is 5.85. The molecule has 7 nitrogen and oxygen atoms in total. The minimum absolute atomic E-state index is 0.0347. The molecule has 7 heteroatoms. The maximum atomic E-state index is 12.8. The third-order valence-electron chi connectivity index (χ3n) is 5.85. The number of benzene rings is 2. The number of rotatable bonds is 8. The first-order valence-electron chi connectivity index (χ1n) is 11.2. The third kappa shape index (κ3) is 5.92. The van der Waals surface area contributed by atoms with E-state index in [0.29, 0.717) is 0 Å². The Morgan fingerprint density at radius 1 is 1.03 bits per heavy atom. The first kappa shape index (κ1) is 24.3. The van der Waals surface area contributed by atoms with Crippen LogP contribution in [0.15, 0.2) is 48.5 Å². The van der Waals surface area contributed by atoms with Gasteiger partial charge >= 0.3 is 12.1 Å². The van der Waals surface area contributed by atoms with E-state index in [1.54, 1.807) is 6.92 Å². The Balaban J connectivity index is 1.57. The fraction of sp³-hybridized carbons (Fsp3) is 0.423. The van der Waals surface area contributed by atoms with Crippen LogP contribution in [0.4, 0.5) is 4.79 Å². The number of hydrogen-bond acceptors (Lipinski definition) is 4. The lowest BCUT2D eigenvalue weighted by molar-refractivity contribution is -0.140. The first-order chi connectivity index (χ1) is 15.6. The molecule has 0 fully saturated rings. The normalized spacial score (nSPS) is 13.6. The van der Waals surface area contributed by atoms with E-state index in [9.17, 15) is 14.4 Å². The molecule has 0 bridgehead atoms. The van der Waals surface area contributed by atoms with Crippen LogP contribution >= 0.6 is 0 Å². The highest BCUT2D eigenvalue weighted by Gasteiger charge is 2.30. The van der Waals surface area contributed by atoms with Gasteiger partial charge in [-0.25, -0.2) is 4.79 Å². The zero-order valence-electron chi connectivity index (χ0n) is 19.6. The van der Waals surface area contributed by atoms with E-state index in [-0.39, 0.29) is 37.8 Å². The molecule has 176 valence electrons. The van der Waals surface area contributed by atoms with E-state index in [1.807, 2.05) is 45.0 Å². The molecule has 1 aliphatic rings. The monoisotopic (exact) mass is 452 g/mol. The van der Waals surface area contributed by atoms with Crippen molar-refractivity contribution >= 4 is 18.0 Å². The van der Waals surface area contributed by atoms with E-state index < -0.39 is 23.6 Å². The summed E-state index contributed by atoms with van der Waals surface area (Å²) in [7, 11) is 0. The van der Waals surface area contributed by atoms with Crippen LogP contribution in [-0.2, 0) is 14.3 Å². The summed E-state index contributed by atoms with van der Waals surface area (Å²) in [5.41, 5.74) is 4.06. The molecule has 1 atom stereocenters. The van der Waals surface area contributed by atoms with Gasteiger partial charge in [-0.1, -0.05) is 48.5 Å². The van der Waals surface area contributed by atoms with E-state index in [0.717, 1.165) is 22.3 Å². The molecule has 2 aromatic rings. The zero-order chi connectivity index (χ0) is 24.2. The number of nitrogens with zero attached hydrogens (tertiary/aromatic N) is 1. The van der Waals surface area contributed by atoms with Gasteiger partial charge < -0.3 is 20.1 Å². The molecule has 0 unspecified atom stereocenters. The summed E-state index contributed by atoms with van der Waals surface area (Å²) < 4.78 is 5.55. The highest BCUT2D eigenvalue weighted by atomic mass is 16.5. The number of hydrogen-bond donors (Lipinski definition) is 2. The number of alkyl carbamates (subject to hydrolysis) is 1. The summed E-state index contributed by atoms with van der Waals surface area (Å²) in [5, 5.41) is 11.7. The Bertz CT molecular complexity index is 982. The Labute approximate surface area is 194 Å². The fourth-order valence-electron chi connectivity index (χ4n) is 4.31. The van der Waals surface area contributed by atoms with Gasteiger partial charge in [-0.2, -0.15) is 0 Å². The van der Waals surface area contributed by atoms with Crippen molar-refractivity contribution in [3.8, 4) is 11.1 Å². The highest BCUT2D eigenvalue weighted by molar-refractivity contribution is 5.80.